The predicted octanol–water partition coefficient (Wildman–Crippen LogP) is 3.33. The molecule has 0 saturated carbocycles. The molecule has 0 N–H and O–H groups in total. The van der Waals surface area contributed by atoms with Gasteiger partial charge in [-0.15, -0.1) is 0 Å². The first kappa shape index (κ1) is 18.3. The van der Waals surface area contributed by atoms with Crippen LogP contribution >= 0.6 is 0 Å². The van der Waals surface area contributed by atoms with Crippen molar-refractivity contribution in [1.29, 1.82) is 0 Å². The Morgan fingerprint density at radius 2 is 1.84 bits per heavy atom. The molecule has 0 unspecified atom stereocenters. The first-order valence-corrected chi connectivity index (χ1v) is 7.47. The van der Waals surface area contributed by atoms with Crippen LogP contribution < -0.4 is 4.74 Å². The molecule has 0 aromatic heterocycles. The SMILES string of the molecule is CN(C)C(=O)COc1cccc(C(=O)/C=C/c2ccc(F)c(F)c2)c1. The van der Waals surface area contributed by atoms with Crippen molar-refractivity contribution in [2.45, 2.75) is 0 Å². The van der Waals surface area contributed by atoms with Crippen molar-refractivity contribution in [3.63, 3.8) is 0 Å². The van der Waals surface area contributed by atoms with Crippen molar-refractivity contribution in [3.05, 3.63) is 71.3 Å². The van der Waals surface area contributed by atoms with Crippen molar-refractivity contribution in [3.8, 4) is 5.75 Å². The Bertz CT molecular complexity index is 816. The zero-order valence-electron chi connectivity index (χ0n) is 13.8. The fourth-order valence-corrected chi connectivity index (χ4v) is 1.90. The number of nitrogens with zero attached hydrogens (tertiary/aromatic N) is 1. The van der Waals surface area contributed by atoms with Crippen molar-refractivity contribution in [1.82, 2.24) is 4.90 Å². The first-order valence-electron chi connectivity index (χ1n) is 7.47. The van der Waals surface area contributed by atoms with Crippen LogP contribution in [0.1, 0.15) is 15.9 Å². The van der Waals surface area contributed by atoms with Gasteiger partial charge < -0.3 is 9.64 Å². The number of amides is 1. The van der Waals surface area contributed by atoms with E-state index in [1.54, 1.807) is 32.3 Å². The van der Waals surface area contributed by atoms with Crippen LogP contribution in [0.3, 0.4) is 0 Å². The molecule has 0 saturated heterocycles. The van der Waals surface area contributed by atoms with Gasteiger partial charge in [0.2, 0.25) is 0 Å². The van der Waals surface area contributed by atoms with E-state index in [2.05, 4.69) is 0 Å². The number of hydrogen-bond acceptors (Lipinski definition) is 3. The van der Waals surface area contributed by atoms with Crippen LogP contribution in [0.5, 0.6) is 5.75 Å². The minimum Gasteiger partial charge on any atom is -0.484 e. The number of carbonyl (C=O) groups excluding carboxylic acids is 2. The van der Waals surface area contributed by atoms with Crippen molar-refractivity contribution in [2.75, 3.05) is 20.7 Å². The maximum absolute atomic E-state index is 13.1. The lowest BCUT2D eigenvalue weighted by atomic mass is 10.1. The minimum absolute atomic E-state index is 0.130. The highest BCUT2D eigenvalue weighted by Gasteiger charge is 2.08. The lowest BCUT2D eigenvalue weighted by Crippen LogP contribution is -2.27. The molecule has 130 valence electrons. The highest BCUT2D eigenvalue weighted by molar-refractivity contribution is 6.07. The molecule has 0 spiro atoms. The summed E-state index contributed by atoms with van der Waals surface area (Å²) in [6.07, 6.45) is 2.66. The topological polar surface area (TPSA) is 46.6 Å². The van der Waals surface area contributed by atoms with E-state index in [4.69, 9.17) is 4.74 Å². The predicted molar refractivity (Wildman–Crippen MR) is 90.4 cm³/mol. The average molecular weight is 345 g/mol. The Kier molecular flexibility index (Phi) is 6.00. The molecular formula is C19H17F2NO3. The summed E-state index contributed by atoms with van der Waals surface area (Å²) in [7, 11) is 3.24. The van der Waals surface area contributed by atoms with Crippen LogP contribution in [0.15, 0.2) is 48.5 Å². The fraction of sp³-hybridized carbons (Fsp3) is 0.158. The lowest BCUT2D eigenvalue weighted by molar-refractivity contribution is -0.130. The van der Waals surface area contributed by atoms with Gasteiger partial charge in [0.05, 0.1) is 0 Å². The highest BCUT2D eigenvalue weighted by Crippen LogP contribution is 2.15. The average Bonchev–Trinajstić information content (AvgIpc) is 2.60. The summed E-state index contributed by atoms with van der Waals surface area (Å²) in [5.41, 5.74) is 0.727. The number of ketones is 1. The summed E-state index contributed by atoms with van der Waals surface area (Å²) in [6.45, 7) is -0.130. The van der Waals surface area contributed by atoms with Crippen molar-refractivity contribution in [2.24, 2.45) is 0 Å². The van der Waals surface area contributed by atoms with Gasteiger partial charge >= 0.3 is 0 Å². The summed E-state index contributed by atoms with van der Waals surface area (Å²) in [5, 5.41) is 0. The van der Waals surface area contributed by atoms with Gasteiger partial charge in [0.15, 0.2) is 24.0 Å². The number of allylic oxidation sites excluding steroid dienone is 1. The Morgan fingerprint density at radius 3 is 2.52 bits per heavy atom. The smallest absolute Gasteiger partial charge is 0.259 e. The molecule has 0 bridgehead atoms. The van der Waals surface area contributed by atoms with E-state index < -0.39 is 11.6 Å². The van der Waals surface area contributed by atoms with Crippen LogP contribution in [0.4, 0.5) is 8.78 Å². The van der Waals surface area contributed by atoms with E-state index in [-0.39, 0.29) is 18.3 Å². The normalized spacial score (nSPS) is 10.7. The van der Waals surface area contributed by atoms with Crippen LogP contribution in [-0.2, 0) is 4.79 Å². The molecule has 0 radical (unpaired) electrons. The quantitative estimate of drug-likeness (QED) is 0.596. The van der Waals surface area contributed by atoms with Gasteiger partial charge in [0, 0.05) is 19.7 Å². The molecule has 0 fully saturated rings. The Hall–Kier alpha value is -3.02. The number of ether oxygens (including phenoxy) is 1. The third kappa shape index (κ3) is 5.24. The molecule has 0 aliphatic heterocycles. The molecule has 0 atom stereocenters. The number of hydrogen-bond donors (Lipinski definition) is 0. The molecule has 2 aromatic carbocycles. The number of halogens is 2. The highest BCUT2D eigenvalue weighted by atomic mass is 19.2. The molecule has 2 aromatic rings. The maximum Gasteiger partial charge on any atom is 0.259 e. The van der Waals surface area contributed by atoms with E-state index >= 15 is 0 Å². The van der Waals surface area contributed by atoms with E-state index in [1.165, 1.54) is 29.2 Å². The molecule has 25 heavy (non-hydrogen) atoms. The van der Waals surface area contributed by atoms with E-state index in [0.29, 0.717) is 16.9 Å². The third-order valence-corrected chi connectivity index (χ3v) is 3.35. The Balaban J connectivity index is 2.06. The summed E-state index contributed by atoms with van der Waals surface area (Å²) >= 11 is 0. The number of likely N-dealkylation sites (N-methyl/N-ethyl adjacent to an activating group) is 1. The lowest BCUT2D eigenvalue weighted by Gasteiger charge is -2.11. The van der Waals surface area contributed by atoms with Gasteiger partial charge in [-0.3, -0.25) is 9.59 Å². The van der Waals surface area contributed by atoms with Gasteiger partial charge in [-0.2, -0.15) is 0 Å². The van der Waals surface area contributed by atoms with Gasteiger partial charge in [-0.1, -0.05) is 24.3 Å². The summed E-state index contributed by atoms with van der Waals surface area (Å²) in [6, 6.07) is 9.75. The molecule has 6 heteroatoms. The van der Waals surface area contributed by atoms with Crippen molar-refractivity contribution >= 4 is 17.8 Å². The molecule has 4 nitrogen and oxygen atoms in total. The third-order valence-electron chi connectivity index (χ3n) is 3.35. The standard InChI is InChI=1S/C19H17F2NO3/c1-22(2)19(24)12-25-15-5-3-4-14(11-15)18(23)9-7-13-6-8-16(20)17(21)10-13/h3-11H,12H2,1-2H3/b9-7+. The number of benzene rings is 2. The zero-order chi connectivity index (χ0) is 18.4. The number of rotatable bonds is 6. The van der Waals surface area contributed by atoms with Crippen LogP contribution in [0.25, 0.3) is 6.08 Å². The second-order valence-corrected chi connectivity index (χ2v) is 5.48. The minimum atomic E-state index is -0.976. The fourth-order valence-electron chi connectivity index (χ4n) is 1.90. The molecular weight excluding hydrogens is 328 g/mol. The van der Waals surface area contributed by atoms with E-state index in [9.17, 15) is 18.4 Å². The second-order valence-electron chi connectivity index (χ2n) is 5.48. The second kappa shape index (κ2) is 8.19. The van der Waals surface area contributed by atoms with Crippen LogP contribution in [0, 0.1) is 11.6 Å². The zero-order valence-corrected chi connectivity index (χ0v) is 13.8. The number of carbonyl (C=O) groups is 2. The summed E-state index contributed by atoms with van der Waals surface area (Å²) < 4.78 is 31.4. The van der Waals surface area contributed by atoms with Crippen LogP contribution in [-0.4, -0.2) is 37.3 Å². The summed E-state index contributed by atoms with van der Waals surface area (Å²) in [4.78, 5) is 25.1. The van der Waals surface area contributed by atoms with Gasteiger partial charge in [0.25, 0.3) is 5.91 Å². The Labute approximate surface area is 144 Å². The molecule has 2 rings (SSSR count). The van der Waals surface area contributed by atoms with E-state index in [0.717, 1.165) is 12.1 Å². The summed E-state index contributed by atoms with van der Waals surface area (Å²) in [5.74, 6) is -2.05. The molecule has 1 amide bonds. The van der Waals surface area contributed by atoms with Gasteiger partial charge in [-0.25, -0.2) is 8.78 Å². The van der Waals surface area contributed by atoms with Crippen LogP contribution in [0.2, 0.25) is 0 Å². The Morgan fingerprint density at radius 1 is 1.08 bits per heavy atom. The van der Waals surface area contributed by atoms with Gasteiger partial charge in [0.1, 0.15) is 5.75 Å². The molecule has 0 aliphatic carbocycles. The monoisotopic (exact) mass is 345 g/mol. The maximum atomic E-state index is 13.1. The van der Waals surface area contributed by atoms with E-state index in [1.807, 2.05) is 0 Å². The van der Waals surface area contributed by atoms with Crippen molar-refractivity contribution < 1.29 is 23.1 Å². The van der Waals surface area contributed by atoms with Gasteiger partial charge in [-0.05, 0) is 35.9 Å². The largest absolute Gasteiger partial charge is 0.484 e. The molecule has 0 aliphatic rings. The molecule has 0 heterocycles. The first-order chi connectivity index (χ1) is 11.9.